The van der Waals surface area contributed by atoms with Gasteiger partial charge in [-0.2, -0.15) is 11.8 Å². The van der Waals surface area contributed by atoms with Crippen LogP contribution in [0.1, 0.15) is 42.7 Å². The van der Waals surface area contributed by atoms with Crippen LogP contribution in [0.3, 0.4) is 0 Å². The number of hydrogen-bond acceptors (Lipinski definition) is 5. The van der Waals surface area contributed by atoms with E-state index in [0.717, 1.165) is 35.6 Å². The molecule has 2 N–H and O–H groups in total. The predicted octanol–water partition coefficient (Wildman–Crippen LogP) is 1.77. The molecule has 0 saturated carbocycles. The van der Waals surface area contributed by atoms with Crippen molar-refractivity contribution < 1.29 is 14.4 Å². The lowest BCUT2D eigenvalue weighted by atomic mass is 9.95. The SMILES string of the molecule is Cc1noc(C)c1C(C)C(=O)NCC1(O)CCSCC1. The Kier molecular flexibility index (Phi) is 4.75. The van der Waals surface area contributed by atoms with Crippen LogP contribution in [0.5, 0.6) is 0 Å². The maximum Gasteiger partial charge on any atom is 0.227 e. The van der Waals surface area contributed by atoms with Crippen molar-refractivity contribution in [3.63, 3.8) is 0 Å². The molecule has 1 aliphatic heterocycles. The van der Waals surface area contributed by atoms with Gasteiger partial charge in [0.25, 0.3) is 0 Å². The zero-order valence-electron chi connectivity index (χ0n) is 12.2. The molecule has 112 valence electrons. The summed E-state index contributed by atoms with van der Waals surface area (Å²) in [5.41, 5.74) is 0.839. The van der Waals surface area contributed by atoms with Gasteiger partial charge in [-0.05, 0) is 45.1 Å². The number of carbonyl (C=O) groups is 1. The Morgan fingerprint density at radius 2 is 2.15 bits per heavy atom. The van der Waals surface area contributed by atoms with Crippen molar-refractivity contribution in [1.82, 2.24) is 10.5 Å². The van der Waals surface area contributed by atoms with Gasteiger partial charge in [-0.1, -0.05) is 5.16 Å². The summed E-state index contributed by atoms with van der Waals surface area (Å²) in [5.74, 6) is 2.17. The lowest BCUT2D eigenvalue weighted by Gasteiger charge is -2.32. The highest BCUT2D eigenvalue weighted by Crippen LogP contribution is 2.27. The molecule has 0 bridgehead atoms. The molecule has 5 nitrogen and oxygen atoms in total. The van der Waals surface area contributed by atoms with Crippen molar-refractivity contribution in [3.8, 4) is 0 Å². The Labute approximate surface area is 123 Å². The molecule has 0 aliphatic carbocycles. The molecule has 2 rings (SSSR count). The van der Waals surface area contributed by atoms with Gasteiger partial charge in [0, 0.05) is 12.1 Å². The highest BCUT2D eigenvalue weighted by atomic mass is 32.2. The number of carbonyl (C=O) groups excluding carboxylic acids is 1. The van der Waals surface area contributed by atoms with E-state index in [0.29, 0.717) is 12.3 Å². The van der Waals surface area contributed by atoms with Gasteiger partial charge >= 0.3 is 0 Å². The van der Waals surface area contributed by atoms with Gasteiger partial charge in [0.2, 0.25) is 5.91 Å². The fraction of sp³-hybridized carbons (Fsp3) is 0.714. The first-order chi connectivity index (χ1) is 9.43. The van der Waals surface area contributed by atoms with Gasteiger partial charge in [0.1, 0.15) is 5.76 Å². The molecule has 1 amide bonds. The van der Waals surface area contributed by atoms with Crippen LogP contribution in [-0.2, 0) is 4.79 Å². The molecular formula is C14H22N2O3S. The number of aliphatic hydroxyl groups is 1. The minimum atomic E-state index is -0.751. The number of thioether (sulfide) groups is 1. The Morgan fingerprint density at radius 1 is 1.50 bits per heavy atom. The fourth-order valence-electron chi connectivity index (χ4n) is 2.57. The minimum Gasteiger partial charge on any atom is -0.388 e. The van der Waals surface area contributed by atoms with Gasteiger partial charge < -0.3 is 14.9 Å². The molecule has 0 spiro atoms. The fourth-order valence-corrected chi connectivity index (χ4v) is 3.82. The quantitative estimate of drug-likeness (QED) is 0.886. The molecule has 1 aromatic rings. The van der Waals surface area contributed by atoms with E-state index in [4.69, 9.17) is 4.52 Å². The van der Waals surface area contributed by atoms with Gasteiger partial charge in [-0.3, -0.25) is 4.79 Å². The second kappa shape index (κ2) is 6.18. The molecule has 1 unspecified atom stereocenters. The Bertz CT molecular complexity index is 461. The van der Waals surface area contributed by atoms with Crippen LogP contribution in [0.15, 0.2) is 4.52 Å². The zero-order chi connectivity index (χ0) is 14.8. The standard InChI is InChI=1S/C14H22N2O3S/c1-9(12-10(2)16-19-11(12)3)13(17)15-8-14(18)4-6-20-7-5-14/h9,18H,4-8H2,1-3H3,(H,15,17). The second-order valence-electron chi connectivity index (χ2n) is 5.51. The van der Waals surface area contributed by atoms with Crippen LogP contribution in [0.25, 0.3) is 0 Å². The van der Waals surface area contributed by atoms with E-state index >= 15 is 0 Å². The van der Waals surface area contributed by atoms with Crippen LogP contribution < -0.4 is 5.32 Å². The molecule has 1 fully saturated rings. The smallest absolute Gasteiger partial charge is 0.227 e. The van der Waals surface area contributed by atoms with Crippen molar-refractivity contribution in [3.05, 3.63) is 17.0 Å². The summed E-state index contributed by atoms with van der Waals surface area (Å²) < 4.78 is 5.10. The first-order valence-electron chi connectivity index (χ1n) is 6.93. The second-order valence-corrected chi connectivity index (χ2v) is 6.74. The number of nitrogens with zero attached hydrogens (tertiary/aromatic N) is 1. The zero-order valence-corrected chi connectivity index (χ0v) is 13.0. The largest absolute Gasteiger partial charge is 0.388 e. The van der Waals surface area contributed by atoms with E-state index in [1.807, 2.05) is 32.5 Å². The summed E-state index contributed by atoms with van der Waals surface area (Å²) in [6, 6.07) is 0. The van der Waals surface area contributed by atoms with Gasteiger partial charge in [0.15, 0.2) is 0 Å². The van der Waals surface area contributed by atoms with Gasteiger partial charge in [-0.25, -0.2) is 0 Å². The molecule has 20 heavy (non-hydrogen) atoms. The number of aryl methyl sites for hydroxylation is 2. The number of aromatic nitrogens is 1. The number of nitrogens with one attached hydrogen (secondary N) is 1. The highest BCUT2D eigenvalue weighted by Gasteiger charge is 2.31. The molecule has 1 aromatic heterocycles. The summed E-state index contributed by atoms with van der Waals surface area (Å²) in [6.45, 7) is 5.80. The third-order valence-corrected chi connectivity index (χ3v) is 4.92. The summed E-state index contributed by atoms with van der Waals surface area (Å²) in [6.07, 6.45) is 1.47. The normalized spacial score (nSPS) is 19.6. The molecule has 1 saturated heterocycles. The summed E-state index contributed by atoms with van der Waals surface area (Å²) in [5, 5.41) is 17.1. The lowest BCUT2D eigenvalue weighted by molar-refractivity contribution is -0.123. The van der Waals surface area contributed by atoms with E-state index in [1.165, 1.54) is 0 Å². The Balaban J connectivity index is 1.95. The van der Waals surface area contributed by atoms with Crippen molar-refractivity contribution in [1.29, 1.82) is 0 Å². The highest BCUT2D eigenvalue weighted by molar-refractivity contribution is 7.99. The van der Waals surface area contributed by atoms with Gasteiger partial charge in [-0.15, -0.1) is 0 Å². The maximum absolute atomic E-state index is 12.2. The summed E-state index contributed by atoms with van der Waals surface area (Å²) in [7, 11) is 0. The topological polar surface area (TPSA) is 75.4 Å². The van der Waals surface area contributed by atoms with Gasteiger partial charge in [0.05, 0.1) is 17.2 Å². The molecule has 2 heterocycles. The summed E-state index contributed by atoms with van der Waals surface area (Å²) in [4.78, 5) is 12.2. The third kappa shape index (κ3) is 3.35. The van der Waals surface area contributed by atoms with Crippen molar-refractivity contribution in [2.45, 2.75) is 45.1 Å². The minimum absolute atomic E-state index is 0.0916. The molecule has 1 aliphatic rings. The summed E-state index contributed by atoms with van der Waals surface area (Å²) >= 11 is 1.85. The number of rotatable bonds is 4. The molecule has 1 atom stereocenters. The van der Waals surface area contributed by atoms with E-state index in [2.05, 4.69) is 10.5 Å². The number of amides is 1. The molecule has 0 aromatic carbocycles. The Hall–Kier alpha value is -1.01. The van der Waals surface area contributed by atoms with Crippen LogP contribution in [0, 0.1) is 13.8 Å². The van der Waals surface area contributed by atoms with E-state index in [-0.39, 0.29) is 11.8 Å². The predicted molar refractivity (Wildman–Crippen MR) is 78.9 cm³/mol. The van der Waals surface area contributed by atoms with Crippen LogP contribution in [-0.4, -0.2) is 39.8 Å². The van der Waals surface area contributed by atoms with Crippen LogP contribution in [0.4, 0.5) is 0 Å². The van der Waals surface area contributed by atoms with Crippen molar-refractivity contribution >= 4 is 17.7 Å². The lowest BCUT2D eigenvalue weighted by Crippen LogP contribution is -2.46. The molecule has 0 radical (unpaired) electrons. The van der Waals surface area contributed by atoms with Crippen molar-refractivity contribution in [2.24, 2.45) is 0 Å². The average molecular weight is 298 g/mol. The molecule has 6 heteroatoms. The number of hydrogen-bond donors (Lipinski definition) is 2. The maximum atomic E-state index is 12.2. The van der Waals surface area contributed by atoms with Crippen molar-refractivity contribution in [2.75, 3.05) is 18.1 Å². The van der Waals surface area contributed by atoms with Crippen LogP contribution in [0.2, 0.25) is 0 Å². The van der Waals surface area contributed by atoms with Crippen LogP contribution >= 0.6 is 11.8 Å². The molecular weight excluding hydrogens is 276 g/mol. The van der Waals surface area contributed by atoms with E-state index in [9.17, 15) is 9.90 Å². The third-order valence-electron chi connectivity index (χ3n) is 3.93. The average Bonchev–Trinajstić information content (AvgIpc) is 2.76. The first-order valence-corrected chi connectivity index (χ1v) is 8.09. The monoisotopic (exact) mass is 298 g/mol. The van der Waals surface area contributed by atoms with E-state index < -0.39 is 5.60 Å². The van der Waals surface area contributed by atoms with E-state index in [1.54, 1.807) is 0 Å². The Morgan fingerprint density at radius 3 is 2.70 bits per heavy atom. The first kappa shape index (κ1) is 15.4.